The average Bonchev–Trinajstić information content (AvgIpc) is 2.58. The lowest BCUT2D eigenvalue weighted by Gasteiger charge is -2.26. The predicted molar refractivity (Wildman–Crippen MR) is 101 cm³/mol. The van der Waals surface area contributed by atoms with Crippen LogP contribution in [-0.4, -0.2) is 62.3 Å². The van der Waals surface area contributed by atoms with Crippen molar-refractivity contribution in [3.63, 3.8) is 0 Å². The number of hydrogen-bond donors (Lipinski definition) is 2. The van der Waals surface area contributed by atoms with Gasteiger partial charge in [-0.25, -0.2) is 9.98 Å². The molecule has 130 valence electrons. The van der Waals surface area contributed by atoms with Crippen molar-refractivity contribution in [3.8, 4) is 5.88 Å². The van der Waals surface area contributed by atoms with Crippen molar-refractivity contribution in [3.05, 3.63) is 23.9 Å². The van der Waals surface area contributed by atoms with E-state index in [2.05, 4.69) is 20.2 Å². The van der Waals surface area contributed by atoms with Gasteiger partial charge in [0, 0.05) is 31.4 Å². The number of nitrogens with one attached hydrogen (secondary N) is 1. The lowest BCUT2D eigenvalue weighted by atomic mass is 10.3. The monoisotopic (exact) mass is 435 g/mol. The molecule has 1 saturated heterocycles. The predicted octanol–water partition coefficient (Wildman–Crippen LogP) is 0.835. The molecule has 3 N–H and O–H groups in total. The van der Waals surface area contributed by atoms with Crippen molar-refractivity contribution < 1.29 is 9.47 Å². The molecular formula is C15H26IN5O2. The Bertz CT molecular complexity index is 481. The Morgan fingerprint density at radius 2 is 2.26 bits per heavy atom. The molecule has 1 aromatic rings. The van der Waals surface area contributed by atoms with E-state index in [9.17, 15) is 0 Å². The summed E-state index contributed by atoms with van der Waals surface area (Å²) in [6.45, 7) is 6.04. The highest BCUT2D eigenvalue weighted by Crippen LogP contribution is 2.14. The van der Waals surface area contributed by atoms with E-state index in [1.165, 1.54) is 0 Å². The van der Waals surface area contributed by atoms with E-state index in [4.69, 9.17) is 15.2 Å². The lowest BCUT2D eigenvalue weighted by molar-refractivity contribution is 0.0376. The van der Waals surface area contributed by atoms with Gasteiger partial charge in [0.05, 0.1) is 26.9 Å². The third-order valence-corrected chi connectivity index (χ3v) is 3.52. The van der Waals surface area contributed by atoms with Crippen LogP contribution in [0.15, 0.2) is 23.3 Å². The molecule has 0 radical (unpaired) electrons. The summed E-state index contributed by atoms with van der Waals surface area (Å²) < 4.78 is 10.5. The molecule has 7 nitrogen and oxygen atoms in total. The fourth-order valence-electron chi connectivity index (χ4n) is 2.30. The molecule has 0 unspecified atom stereocenters. The summed E-state index contributed by atoms with van der Waals surface area (Å²) in [4.78, 5) is 10.9. The van der Waals surface area contributed by atoms with Gasteiger partial charge in [-0.3, -0.25) is 4.90 Å². The number of ether oxygens (including phenoxy) is 2. The molecule has 0 amide bonds. The van der Waals surface area contributed by atoms with E-state index in [0.717, 1.165) is 51.4 Å². The van der Waals surface area contributed by atoms with Gasteiger partial charge >= 0.3 is 0 Å². The molecular weight excluding hydrogens is 409 g/mol. The van der Waals surface area contributed by atoms with E-state index in [1.807, 2.05) is 12.1 Å². The first-order valence-electron chi connectivity index (χ1n) is 7.61. The second kappa shape index (κ2) is 11.4. The molecule has 0 aromatic carbocycles. The number of aromatic nitrogens is 1. The molecule has 2 rings (SSSR count). The van der Waals surface area contributed by atoms with Crippen LogP contribution >= 0.6 is 24.0 Å². The zero-order valence-electron chi connectivity index (χ0n) is 13.5. The summed E-state index contributed by atoms with van der Waals surface area (Å²) in [6, 6.07) is 3.79. The highest BCUT2D eigenvalue weighted by molar-refractivity contribution is 14.0. The Labute approximate surface area is 154 Å². The second-order valence-corrected chi connectivity index (χ2v) is 5.11. The van der Waals surface area contributed by atoms with Crippen molar-refractivity contribution in [2.45, 2.75) is 13.0 Å². The Balaban J connectivity index is 0.00000264. The van der Waals surface area contributed by atoms with Crippen LogP contribution in [-0.2, 0) is 11.3 Å². The van der Waals surface area contributed by atoms with Gasteiger partial charge in [-0.15, -0.1) is 24.0 Å². The van der Waals surface area contributed by atoms with E-state index < -0.39 is 0 Å². The lowest BCUT2D eigenvalue weighted by Crippen LogP contribution is -2.39. The van der Waals surface area contributed by atoms with Crippen molar-refractivity contribution in [1.82, 2.24) is 15.2 Å². The molecule has 0 aliphatic carbocycles. The minimum Gasteiger partial charge on any atom is -0.481 e. The fourth-order valence-corrected chi connectivity index (χ4v) is 2.30. The van der Waals surface area contributed by atoms with Crippen molar-refractivity contribution in [1.29, 1.82) is 0 Å². The van der Waals surface area contributed by atoms with Crippen LogP contribution in [0.4, 0.5) is 0 Å². The van der Waals surface area contributed by atoms with Crippen LogP contribution in [0.1, 0.15) is 12.0 Å². The highest BCUT2D eigenvalue weighted by Gasteiger charge is 2.09. The van der Waals surface area contributed by atoms with E-state index in [0.29, 0.717) is 18.4 Å². The summed E-state index contributed by atoms with van der Waals surface area (Å²) in [5, 5.41) is 3.14. The molecule has 8 heteroatoms. The Kier molecular flexibility index (Phi) is 9.88. The SMILES string of the molecule is COc1ncccc1CN=C(N)NCCCN1CCOCC1.I. The molecule has 23 heavy (non-hydrogen) atoms. The minimum absolute atomic E-state index is 0. The quantitative estimate of drug-likeness (QED) is 0.286. The zero-order valence-corrected chi connectivity index (χ0v) is 15.9. The number of guanidine groups is 1. The van der Waals surface area contributed by atoms with Crippen LogP contribution in [0.5, 0.6) is 5.88 Å². The van der Waals surface area contributed by atoms with Crippen molar-refractivity contribution >= 4 is 29.9 Å². The number of nitrogens with two attached hydrogens (primary N) is 1. The summed E-state index contributed by atoms with van der Waals surface area (Å²) in [6.07, 6.45) is 2.73. The molecule has 0 bridgehead atoms. The number of hydrogen-bond acceptors (Lipinski definition) is 5. The zero-order chi connectivity index (χ0) is 15.6. The molecule has 1 aliphatic heterocycles. The smallest absolute Gasteiger partial charge is 0.218 e. The third-order valence-electron chi connectivity index (χ3n) is 3.52. The van der Waals surface area contributed by atoms with Crippen LogP contribution < -0.4 is 15.8 Å². The molecule has 2 heterocycles. The summed E-state index contributed by atoms with van der Waals surface area (Å²) in [7, 11) is 1.60. The number of aliphatic imine (C=N–C) groups is 1. The topological polar surface area (TPSA) is 85.0 Å². The van der Waals surface area contributed by atoms with Gasteiger partial charge in [-0.05, 0) is 19.0 Å². The van der Waals surface area contributed by atoms with E-state index >= 15 is 0 Å². The number of nitrogens with zero attached hydrogens (tertiary/aromatic N) is 3. The van der Waals surface area contributed by atoms with Crippen LogP contribution in [0.25, 0.3) is 0 Å². The number of pyridine rings is 1. The fraction of sp³-hybridized carbons (Fsp3) is 0.600. The average molecular weight is 435 g/mol. The molecule has 1 aliphatic rings. The Morgan fingerprint density at radius 1 is 1.48 bits per heavy atom. The van der Waals surface area contributed by atoms with Gasteiger partial charge < -0.3 is 20.5 Å². The first-order valence-corrected chi connectivity index (χ1v) is 7.61. The van der Waals surface area contributed by atoms with Crippen molar-refractivity contribution in [2.24, 2.45) is 10.7 Å². The highest BCUT2D eigenvalue weighted by atomic mass is 127. The first-order chi connectivity index (χ1) is 10.8. The Hall–Kier alpha value is -1.13. The van der Waals surface area contributed by atoms with Crippen LogP contribution in [0.2, 0.25) is 0 Å². The largest absolute Gasteiger partial charge is 0.481 e. The second-order valence-electron chi connectivity index (χ2n) is 5.11. The normalized spacial score (nSPS) is 15.8. The first kappa shape index (κ1) is 19.9. The molecule has 0 atom stereocenters. The number of halogens is 1. The maximum absolute atomic E-state index is 5.88. The molecule has 1 fully saturated rings. The van der Waals surface area contributed by atoms with E-state index in [1.54, 1.807) is 13.3 Å². The number of methoxy groups -OCH3 is 1. The molecule has 0 spiro atoms. The van der Waals surface area contributed by atoms with Gasteiger partial charge in [-0.1, -0.05) is 6.07 Å². The van der Waals surface area contributed by atoms with E-state index in [-0.39, 0.29) is 24.0 Å². The number of morpholine rings is 1. The maximum Gasteiger partial charge on any atom is 0.218 e. The Morgan fingerprint density at radius 3 is 3.00 bits per heavy atom. The van der Waals surface area contributed by atoms with Crippen molar-refractivity contribution in [2.75, 3.05) is 46.5 Å². The maximum atomic E-state index is 5.88. The summed E-state index contributed by atoms with van der Waals surface area (Å²) in [5.41, 5.74) is 6.80. The van der Waals surface area contributed by atoms with Gasteiger partial charge in [0.2, 0.25) is 5.88 Å². The third kappa shape index (κ3) is 7.32. The minimum atomic E-state index is 0. The van der Waals surface area contributed by atoms with Crippen LogP contribution in [0, 0.1) is 0 Å². The van der Waals surface area contributed by atoms with Gasteiger partial charge in [0.1, 0.15) is 0 Å². The van der Waals surface area contributed by atoms with Crippen LogP contribution in [0.3, 0.4) is 0 Å². The number of rotatable bonds is 7. The summed E-state index contributed by atoms with van der Waals surface area (Å²) >= 11 is 0. The van der Waals surface area contributed by atoms with Gasteiger partial charge in [0.25, 0.3) is 0 Å². The van der Waals surface area contributed by atoms with Gasteiger partial charge in [0.15, 0.2) is 5.96 Å². The van der Waals surface area contributed by atoms with Gasteiger partial charge in [-0.2, -0.15) is 0 Å². The summed E-state index contributed by atoms with van der Waals surface area (Å²) in [5.74, 6) is 1.04. The molecule has 1 aromatic heterocycles. The standard InChI is InChI=1S/C15H25N5O2.HI/c1-21-14-13(4-2-5-17-14)12-19-15(16)18-6-3-7-20-8-10-22-11-9-20;/h2,4-5H,3,6-12H2,1H3,(H3,16,18,19);1H. The molecule has 0 saturated carbocycles.